The summed E-state index contributed by atoms with van der Waals surface area (Å²) in [5.74, 6) is -0.834. The quantitative estimate of drug-likeness (QED) is 0.658. The average Bonchev–Trinajstić information content (AvgIpc) is 3.30. The molecule has 1 amide bonds. The van der Waals surface area contributed by atoms with Crippen LogP contribution in [0, 0.1) is 11.7 Å². The zero-order chi connectivity index (χ0) is 21.8. The molecule has 166 valence electrons. The van der Waals surface area contributed by atoms with Gasteiger partial charge >= 0.3 is 5.97 Å². The van der Waals surface area contributed by atoms with E-state index in [2.05, 4.69) is 14.8 Å². The van der Waals surface area contributed by atoms with Gasteiger partial charge in [0.15, 0.2) is 5.13 Å². The molecule has 31 heavy (non-hydrogen) atoms. The standard InChI is InChI=1S/C22H27FN4O3S/c1-2-30-21(29)16-4-3-9-27(14-16)20(28)19-15-31-22(24-19)26-12-10-25(11-13-26)18-7-5-17(23)6-8-18/h5-8,15-16H,2-4,9-14H2,1H3. The van der Waals surface area contributed by atoms with Crippen LogP contribution in [0.4, 0.5) is 15.2 Å². The molecule has 0 radical (unpaired) electrons. The van der Waals surface area contributed by atoms with Crippen LogP contribution in [-0.4, -0.2) is 67.6 Å². The molecule has 1 unspecified atom stereocenters. The Balaban J connectivity index is 1.34. The first-order valence-electron chi connectivity index (χ1n) is 10.7. The maximum absolute atomic E-state index is 13.1. The molecule has 2 saturated heterocycles. The highest BCUT2D eigenvalue weighted by molar-refractivity contribution is 7.13. The topological polar surface area (TPSA) is 66.0 Å². The summed E-state index contributed by atoms with van der Waals surface area (Å²) in [5.41, 5.74) is 1.45. The van der Waals surface area contributed by atoms with Gasteiger partial charge in [-0.1, -0.05) is 0 Å². The van der Waals surface area contributed by atoms with Gasteiger partial charge in [-0.2, -0.15) is 0 Å². The number of amides is 1. The maximum Gasteiger partial charge on any atom is 0.310 e. The van der Waals surface area contributed by atoms with Gasteiger partial charge in [0.05, 0.1) is 12.5 Å². The van der Waals surface area contributed by atoms with E-state index >= 15 is 0 Å². The van der Waals surface area contributed by atoms with Crippen molar-refractivity contribution in [2.24, 2.45) is 5.92 Å². The van der Waals surface area contributed by atoms with Gasteiger partial charge in [-0.05, 0) is 44.0 Å². The number of piperazine rings is 1. The van der Waals surface area contributed by atoms with Crippen LogP contribution in [0.2, 0.25) is 0 Å². The number of rotatable bonds is 5. The Morgan fingerprint density at radius 1 is 1.13 bits per heavy atom. The second kappa shape index (κ2) is 9.64. The molecule has 4 rings (SSSR count). The monoisotopic (exact) mass is 446 g/mol. The first-order valence-corrected chi connectivity index (χ1v) is 11.6. The summed E-state index contributed by atoms with van der Waals surface area (Å²) in [5, 5.41) is 2.64. The number of hydrogen-bond donors (Lipinski definition) is 0. The maximum atomic E-state index is 13.1. The molecule has 0 N–H and O–H groups in total. The molecule has 0 spiro atoms. The van der Waals surface area contributed by atoms with Crippen molar-refractivity contribution >= 4 is 34.0 Å². The van der Waals surface area contributed by atoms with Gasteiger partial charge < -0.3 is 19.4 Å². The minimum atomic E-state index is -0.254. The first kappa shape index (κ1) is 21.5. The molecule has 1 aromatic heterocycles. The predicted octanol–water partition coefficient (Wildman–Crippen LogP) is 3.02. The van der Waals surface area contributed by atoms with Crippen LogP contribution in [-0.2, 0) is 9.53 Å². The van der Waals surface area contributed by atoms with E-state index in [1.54, 1.807) is 29.3 Å². The molecule has 0 aliphatic carbocycles. The predicted molar refractivity (Wildman–Crippen MR) is 118 cm³/mol. The number of aromatic nitrogens is 1. The van der Waals surface area contributed by atoms with Crippen molar-refractivity contribution in [2.45, 2.75) is 19.8 Å². The lowest BCUT2D eigenvalue weighted by Gasteiger charge is -2.36. The Bertz CT molecular complexity index is 912. The SMILES string of the molecule is CCOC(=O)C1CCCN(C(=O)c2csc(N3CCN(c4ccc(F)cc4)CC3)n2)C1. The third-order valence-corrected chi connectivity index (χ3v) is 6.68. The molecule has 7 nitrogen and oxygen atoms in total. The summed E-state index contributed by atoms with van der Waals surface area (Å²) >= 11 is 1.47. The van der Waals surface area contributed by atoms with E-state index in [1.165, 1.54) is 23.5 Å². The molecule has 2 aliphatic rings. The summed E-state index contributed by atoms with van der Waals surface area (Å²) < 4.78 is 18.3. The Labute approximate surface area is 185 Å². The third kappa shape index (κ3) is 4.98. The highest BCUT2D eigenvalue weighted by atomic mass is 32.1. The average molecular weight is 447 g/mol. The van der Waals surface area contributed by atoms with Crippen LogP contribution in [0.15, 0.2) is 29.6 Å². The van der Waals surface area contributed by atoms with E-state index in [0.717, 1.165) is 49.8 Å². The zero-order valence-electron chi connectivity index (χ0n) is 17.6. The summed E-state index contributed by atoms with van der Waals surface area (Å²) in [6, 6.07) is 6.56. The third-order valence-electron chi connectivity index (χ3n) is 5.78. The number of halogens is 1. The lowest BCUT2D eigenvalue weighted by Crippen LogP contribution is -2.46. The number of benzene rings is 1. The fourth-order valence-corrected chi connectivity index (χ4v) is 4.94. The van der Waals surface area contributed by atoms with Crippen LogP contribution in [0.5, 0.6) is 0 Å². The van der Waals surface area contributed by atoms with Crippen molar-refractivity contribution in [1.29, 1.82) is 0 Å². The molecule has 2 aliphatic heterocycles. The Morgan fingerprint density at radius 2 is 1.84 bits per heavy atom. The van der Waals surface area contributed by atoms with Gasteiger partial charge in [0.2, 0.25) is 0 Å². The Hall–Kier alpha value is -2.68. The van der Waals surface area contributed by atoms with Gasteiger partial charge in [0, 0.05) is 50.3 Å². The number of carbonyl (C=O) groups excluding carboxylic acids is 2. The second-order valence-corrected chi connectivity index (χ2v) is 8.64. The number of likely N-dealkylation sites (tertiary alicyclic amines) is 1. The molecule has 2 aromatic rings. The van der Waals surface area contributed by atoms with E-state index in [-0.39, 0.29) is 23.6 Å². The van der Waals surface area contributed by atoms with Crippen LogP contribution >= 0.6 is 11.3 Å². The van der Waals surface area contributed by atoms with Crippen LogP contribution in [0.1, 0.15) is 30.3 Å². The number of hydrogen-bond acceptors (Lipinski definition) is 7. The highest BCUT2D eigenvalue weighted by Gasteiger charge is 2.31. The van der Waals surface area contributed by atoms with Gasteiger partial charge in [0.25, 0.3) is 5.91 Å². The number of ether oxygens (including phenoxy) is 1. The lowest BCUT2D eigenvalue weighted by atomic mass is 9.98. The van der Waals surface area contributed by atoms with Crippen LogP contribution in [0.3, 0.4) is 0 Å². The minimum Gasteiger partial charge on any atom is -0.466 e. The van der Waals surface area contributed by atoms with Crippen molar-refractivity contribution in [3.8, 4) is 0 Å². The van der Waals surface area contributed by atoms with Crippen molar-refractivity contribution in [3.05, 3.63) is 41.2 Å². The summed E-state index contributed by atoms with van der Waals surface area (Å²) in [4.78, 5) is 35.7. The fraction of sp³-hybridized carbons (Fsp3) is 0.500. The van der Waals surface area contributed by atoms with Crippen LogP contribution < -0.4 is 9.80 Å². The van der Waals surface area contributed by atoms with Gasteiger partial charge in [0.1, 0.15) is 11.5 Å². The smallest absolute Gasteiger partial charge is 0.310 e. The van der Waals surface area contributed by atoms with E-state index in [0.29, 0.717) is 25.4 Å². The Kier molecular flexibility index (Phi) is 6.70. The van der Waals surface area contributed by atoms with Crippen molar-refractivity contribution in [3.63, 3.8) is 0 Å². The molecular weight excluding hydrogens is 419 g/mol. The van der Waals surface area contributed by atoms with E-state index < -0.39 is 0 Å². The number of carbonyl (C=O) groups is 2. The number of anilines is 2. The lowest BCUT2D eigenvalue weighted by molar-refractivity contribution is -0.149. The number of thiazole rings is 1. The molecule has 0 bridgehead atoms. The number of nitrogens with zero attached hydrogens (tertiary/aromatic N) is 4. The summed E-state index contributed by atoms with van der Waals surface area (Å²) in [6.07, 6.45) is 1.54. The minimum absolute atomic E-state index is 0.124. The van der Waals surface area contributed by atoms with Gasteiger partial charge in [-0.3, -0.25) is 9.59 Å². The number of piperidine rings is 1. The number of esters is 1. The molecule has 0 saturated carbocycles. The molecular formula is C22H27FN4O3S. The van der Waals surface area contributed by atoms with Crippen molar-refractivity contribution in [1.82, 2.24) is 9.88 Å². The van der Waals surface area contributed by atoms with E-state index in [4.69, 9.17) is 4.74 Å². The summed E-state index contributed by atoms with van der Waals surface area (Å²) in [6.45, 7) is 6.36. The van der Waals surface area contributed by atoms with Crippen molar-refractivity contribution in [2.75, 3.05) is 55.7 Å². The highest BCUT2D eigenvalue weighted by Crippen LogP contribution is 2.26. The van der Waals surface area contributed by atoms with E-state index in [1.807, 2.05) is 0 Å². The second-order valence-electron chi connectivity index (χ2n) is 7.81. The van der Waals surface area contributed by atoms with Gasteiger partial charge in [-0.25, -0.2) is 9.37 Å². The fourth-order valence-electron chi connectivity index (χ4n) is 4.09. The largest absolute Gasteiger partial charge is 0.466 e. The zero-order valence-corrected chi connectivity index (χ0v) is 18.4. The Morgan fingerprint density at radius 3 is 2.55 bits per heavy atom. The molecule has 1 aromatic carbocycles. The van der Waals surface area contributed by atoms with Crippen LogP contribution in [0.25, 0.3) is 0 Å². The molecule has 3 heterocycles. The van der Waals surface area contributed by atoms with Crippen molar-refractivity contribution < 1.29 is 18.7 Å². The molecule has 1 atom stereocenters. The molecule has 2 fully saturated rings. The normalized spacial score (nSPS) is 19.4. The first-order chi connectivity index (χ1) is 15.0. The molecule has 9 heteroatoms. The van der Waals surface area contributed by atoms with Gasteiger partial charge in [-0.15, -0.1) is 11.3 Å². The van der Waals surface area contributed by atoms with E-state index in [9.17, 15) is 14.0 Å². The summed E-state index contributed by atoms with van der Waals surface area (Å²) in [7, 11) is 0.